The summed E-state index contributed by atoms with van der Waals surface area (Å²) in [6, 6.07) is 0. The van der Waals surface area contributed by atoms with Crippen LogP contribution >= 0.6 is 24.0 Å². The van der Waals surface area contributed by atoms with Gasteiger partial charge in [0.2, 0.25) is 0 Å². The highest BCUT2D eigenvalue weighted by molar-refractivity contribution is 8.00. The maximum Gasteiger partial charge on any atom is 0.447 e. The summed E-state index contributed by atoms with van der Waals surface area (Å²) in [6.07, 6.45) is 2.35. The Kier molecular flexibility index (Phi) is 2.73. The van der Waals surface area contributed by atoms with Crippen molar-refractivity contribution in [2.75, 3.05) is 0 Å². The Balaban J connectivity index is 2.84. The second-order valence-electron chi connectivity index (χ2n) is 1.81. The zero-order valence-electron chi connectivity index (χ0n) is 5.55. The van der Waals surface area contributed by atoms with Gasteiger partial charge in [-0.2, -0.15) is 13.2 Å². The molecule has 2 nitrogen and oxygen atoms in total. The summed E-state index contributed by atoms with van der Waals surface area (Å²) in [5.74, 6) is 0. The molecule has 0 spiro atoms. The molecule has 1 aromatic heterocycles. The van der Waals surface area contributed by atoms with Crippen molar-refractivity contribution in [3.8, 4) is 0 Å². The molecule has 0 saturated heterocycles. The molecule has 0 saturated carbocycles. The van der Waals surface area contributed by atoms with Crippen LogP contribution in [-0.2, 0) is 0 Å². The number of nitrogens with one attached hydrogen (secondary N) is 1. The van der Waals surface area contributed by atoms with Crippen LogP contribution in [0.1, 0.15) is 0 Å². The van der Waals surface area contributed by atoms with E-state index in [1.807, 2.05) is 0 Å². The van der Waals surface area contributed by atoms with Crippen LogP contribution in [-0.4, -0.2) is 15.5 Å². The minimum Gasteiger partial charge on any atom is -0.339 e. The summed E-state index contributed by atoms with van der Waals surface area (Å²) in [7, 11) is 0. The van der Waals surface area contributed by atoms with Gasteiger partial charge in [0.15, 0.2) is 0 Å². The van der Waals surface area contributed by atoms with Crippen LogP contribution in [0, 0.1) is 4.64 Å². The number of thioether (sulfide) groups is 1. The number of H-pyrrole nitrogens is 1. The molecule has 0 unspecified atom stereocenters. The molecule has 1 rings (SSSR count). The SMILES string of the molecule is FC(F)(F)Sc1cncc(=S)[nH]1. The number of nitrogens with zero attached hydrogens (tertiary/aromatic N) is 1. The summed E-state index contributed by atoms with van der Waals surface area (Å²) >= 11 is 4.32. The van der Waals surface area contributed by atoms with Gasteiger partial charge in [0.25, 0.3) is 0 Å². The first-order chi connectivity index (χ1) is 5.47. The van der Waals surface area contributed by atoms with Crippen LogP contribution in [0.4, 0.5) is 13.2 Å². The van der Waals surface area contributed by atoms with E-state index >= 15 is 0 Å². The van der Waals surface area contributed by atoms with Crippen molar-refractivity contribution in [3.05, 3.63) is 17.0 Å². The van der Waals surface area contributed by atoms with Crippen molar-refractivity contribution in [2.45, 2.75) is 10.5 Å². The third-order valence-electron chi connectivity index (χ3n) is 0.856. The van der Waals surface area contributed by atoms with E-state index in [4.69, 9.17) is 0 Å². The van der Waals surface area contributed by atoms with Gasteiger partial charge in [-0.05, 0) is 0 Å². The molecule has 0 bridgehead atoms. The average molecular weight is 212 g/mol. The zero-order valence-corrected chi connectivity index (χ0v) is 7.19. The van der Waals surface area contributed by atoms with Crippen LogP contribution in [0.2, 0.25) is 0 Å². The lowest BCUT2D eigenvalue weighted by atomic mass is 10.8. The van der Waals surface area contributed by atoms with Gasteiger partial charge in [0.05, 0.1) is 12.4 Å². The van der Waals surface area contributed by atoms with Crippen molar-refractivity contribution < 1.29 is 13.2 Å². The Bertz CT molecular complexity index is 319. The maximum atomic E-state index is 11.8. The number of aromatic nitrogens is 2. The third-order valence-corrected chi connectivity index (χ3v) is 1.72. The van der Waals surface area contributed by atoms with Crippen LogP contribution in [0.15, 0.2) is 17.4 Å². The predicted molar refractivity (Wildman–Crippen MR) is 41.3 cm³/mol. The number of alkyl halides is 3. The van der Waals surface area contributed by atoms with E-state index in [0.717, 1.165) is 6.20 Å². The summed E-state index contributed by atoms with van der Waals surface area (Å²) in [4.78, 5) is 5.87. The number of halogens is 3. The number of rotatable bonds is 1. The lowest BCUT2D eigenvalue weighted by molar-refractivity contribution is -0.0329. The third kappa shape index (κ3) is 3.22. The molecule has 0 radical (unpaired) electrons. The summed E-state index contributed by atoms with van der Waals surface area (Å²) < 4.78 is 35.4. The van der Waals surface area contributed by atoms with Gasteiger partial charge < -0.3 is 4.98 Å². The molecule has 0 amide bonds. The van der Waals surface area contributed by atoms with Gasteiger partial charge in [-0.15, -0.1) is 0 Å². The summed E-state index contributed by atoms with van der Waals surface area (Å²) in [6.45, 7) is 0. The smallest absolute Gasteiger partial charge is 0.339 e. The molecular formula is C5H3F3N2S2. The molecule has 0 aliphatic heterocycles. The molecule has 0 fully saturated rings. The quantitative estimate of drug-likeness (QED) is 0.573. The predicted octanol–water partition coefficient (Wildman–Crippen LogP) is 2.75. The first-order valence-electron chi connectivity index (χ1n) is 2.77. The van der Waals surface area contributed by atoms with Crippen molar-refractivity contribution >= 4 is 24.0 Å². The lowest BCUT2D eigenvalue weighted by Crippen LogP contribution is -2.00. The van der Waals surface area contributed by atoms with E-state index in [1.54, 1.807) is 0 Å². The number of hydrogen-bond donors (Lipinski definition) is 1. The van der Waals surface area contributed by atoms with Gasteiger partial charge in [-0.3, -0.25) is 4.98 Å². The average Bonchev–Trinajstić information content (AvgIpc) is 1.82. The largest absolute Gasteiger partial charge is 0.447 e. The van der Waals surface area contributed by atoms with Crippen molar-refractivity contribution in [1.29, 1.82) is 0 Å². The van der Waals surface area contributed by atoms with Crippen LogP contribution in [0.3, 0.4) is 0 Å². The molecule has 66 valence electrons. The highest BCUT2D eigenvalue weighted by Crippen LogP contribution is 2.34. The minimum atomic E-state index is -4.30. The monoisotopic (exact) mass is 212 g/mol. The number of hydrogen-bond acceptors (Lipinski definition) is 3. The van der Waals surface area contributed by atoms with E-state index in [2.05, 4.69) is 22.2 Å². The molecular weight excluding hydrogens is 209 g/mol. The standard InChI is InChI=1S/C5H3F3N2S2/c6-5(7,8)12-4-2-9-1-3(11)10-4/h1-2H,(H,10,11). The van der Waals surface area contributed by atoms with Crippen molar-refractivity contribution in [3.63, 3.8) is 0 Å². The van der Waals surface area contributed by atoms with Crippen molar-refractivity contribution in [1.82, 2.24) is 9.97 Å². The zero-order chi connectivity index (χ0) is 9.19. The van der Waals surface area contributed by atoms with Crippen LogP contribution < -0.4 is 0 Å². The number of aromatic amines is 1. The highest BCUT2D eigenvalue weighted by atomic mass is 32.2. The van der Waals surface area contributed by atoms with E-state index in [9.17, 15) is 13.2 Å². The van der Waals surface area contributed by atoms with E-state index in [0.29, 0.717) is 0 Å². The van der Waals surface area contributed by atoms with Crippen molar-refractivity contribution in [2.24, 2.45) is 0 Å². The molecule has 0 aliphatic carbocycles. The first kappa shape index (κ1) is 9.53. The molecule has 0 atom stereocenters. The Hall–Kier alpha value is -0.560. The van der Waals surface area contributed by atoms with Crippen LogP contribution in [0.25, 0.3) is 0 Å². The normalized spacial score (nSPS) is 11.6. The molecule has 0 aliphatic rings. The maximum absolute atomic E-state index is 11.8. The Morgan fingerprint density at radius 1 is 1.42 bits per heavy atom. The fraction of sp³-hybridized carbons (Fsp3) is 0.200. The van der Waals surface area contributed by atoms with E-state index in [-0.39, 0.29) is 21.4 Å². The molecule has 1 N–H and O–H groups in total. The molecule has 12 heavy (non-hydrogen) atoms. The summed E-state index contributed by atoms with van der Waals surface area (Å²) in [5.41, 5.74) is -4.30. The summed E-state index contributed by atoms with van der Waals surface area (Å²) in [5, 5.41) is -0.102. The molecule has 7 heteroatoms. The van der Waals surface area contributed by atoms with Gasteiger partial charge >= 0.3 is 5.51 Å². The Labute approximate surface area is 75.2 Å². The Morgan fingerprint density at radius 3 is 2.58 bits per heavy atom. The van der Waals surface area contributed by atoms with Gasteiger partial charge in [-0.25, -0.2) is 0 Å². The fourth-order valence-electron chi connectivity index (χ4n) is 0.535. The second-order valence-corrected chi connectivity index (χ2v) is 3.36. The molecule has 0 aromatic carbocycles. The minimum absolute atomic E-state index is 0.102. The Morgan fingerprint density at radius 2 is 2.08 bits per heavy atom. The van der Waals surface area contributed by atoms with Gasteiger partial charge in [-0.1, -0.05) is 12.2 Å². The fourth-order valence-corrected chi connectivity index (χ4v) is 1.29. The topological polar surface area (TPSA) is 28.7 Å². The molecule has 1 aromatic rings. The molecule has 1 heterocycles. The van der Waals surface area contributed by atoms with Gasteiger partial charge in [0, 0.05) is 11.8 Å². The van der Waals surface area contributed by atoms with Gasteiger partial charge in [0.1, 0.15) is 9.67 Å². The lowest BCUT2D eigenvalue weighted by Gasteiger charge is -2.03. The highest BCUT2D eigenvalue weighted by Gasteiger charge is 2.29. The second kappa shape index (κ2) is 3.44. The van der Waals surface area contributed by atoms with Crippen LogP contribution in [0.5, 0.6) is 0 Å². The first-order valence-corrected chi connectivity index (χ1v) is 4.00. The van der Waals surface area contributed by atoms with E-state index < -0.39 is 5.51 Å². The van der Waals surface area contributed by atoms with E-state index in [1.165, 1.54) is 6.20 Å².